The zero-order valence-electron chi connectivity index (χ0n) is 6.31. The number of likely N-dealkylation sites (N-methyl/N-ethyl adjacent to an activating group) is 1. The van der Waals surface area contributed by atoms with Gasteiger partial charge < -0.3 is 4.90 Å². The molecule has 2 heterocycles. The van der Waals surface area contributed by atoms with Gasteiger partial charge in [-0.2, -0.15) is 0 Å². The van der Waals surface area contributed by atoms with Crippen LogP contribution < -0.4 is 0 Å². The number of rotatable bonds is 0. The van der Waals surface area contributed by atoms with E-state index in [2.05, 4.69) is 36.1 Å². The molecular weight excluding hydrogens is 156 g/mol. The van der Waals surface area contributed by atoms with Gasteiger partial charge >= 0.3 is 0 Å². The molecule has 1 unspecified atom stereocenters. The molecule has 0 bridgehead atoms. The Hall–Kier alpha value is -0.830. The van der Waals surface area contributed by atoms with Gasteiger partial charge in [0.15, 0.2) is 0 Å². The van der Waals surface area contributed by atoms with Crippen molar-refractivity contribution in [2.24, 2.45) is 0 Å². The second-order valence-electron chi connectivity index (χ2n) is 2.74. The Morgan fingerprint density at radius 2 is 2.27 bits per heavy atom. The van der Waals surface area contributed by atoms with E-state index < -0.39 is 0 Å². The highest BCUT2D eigenvalue weighted by atomic mass is 32.1. The molecule has 2 rings (SSSR count). The fourth-order valence-electron chi connectivity index (χ4n) is 1.41. The second kappa shape index (κ2) is 2.34. The Labute approximate surface area is 72.0 Å². The van der Waals surface area contributed by atoms with E-state index in [-0.39, 0.29) is 0 Å². The molecule has 0 fully saturated rings. The van der Waals surface area contributed by atoms with Gasteiger partial charge in [-0.1, -0.05) is 18.9 Å². The molecule has 0 radical (unpaired) electrons. The molecule has 0 aliphatic carbocycles. The first-order valence-corrected chi connectivity index (χ1v) is 3.95. The maximum absolute atomic E-state index is 4.32. The van der Waals surface area contributed by atoms with Crippen LogP contribution in [-0.4, -0.2) is 22.4 Å². The van der Waals surface area contributed by atoms with Gasteiger partial charge in [0.2, 0.25) is 0 Å². The first-order valence-electron chi connectivity index (χ1n) is 3.55. The van der Waals surface area contributed by atoms with Crippen LogP contribution in [0.2, 0.25) is 0 Å². The third kappa shape index (κ3) is 0.959. The van der Waals surface area contributed by atoms with Crippen molar-refractivity contribution in [2.45, 2.75) is 6.17 Å². The first kappa shape index (κ1) is 6.85. The van der Waals surface area contributed by atoms with Crippen LogP contribution in [0.15, 0.2) is 36.2 Å². The van der Waals surface area contributed by atoms with Crippen molar-refractivity contribution in [3.8, 4) is 0 Å². The Balaban J connectivity index is 2.33. The van der Waals surface area contributed by atoms with E-state index in [9.17, 15) is 0 Å². The summed E-state index contributed by atoms with van der Waals surface area (Å²) in [5.41, 5.74) is 1.30. The van der Waals surface area contributed by atoms with Crippen LogP contribution >= 0.6 is 12.8 Å². The molecule has 2 nitrogen and oxygen atoms in total. The van der Waals surface area contributed by atoms with Crippen molar-refractivity contribution >= 4 is 12.8 Å². The standard InChI is InChI=1S/C8H10N2S/c1-9-6-4-7-3-2-5-10(11)8(7)9/h2-6,8,11H,1H3. The molecule has 2 aliphatic heterocycles. The van der Waals surface area contributed by atoms with Gasteiger partial charge in [0.05, 0.1) is 0 Å². The third-order valence-corrected chi connectivity index (χ3v) is 2.32. The van der Waals surface area contributed by atoms with Crippen LogP contribution in [0, 0.1) is 0 Å². The lowest BCUT2D eigenvalue weighted by molar-refractivity contribution is 0.285. The summed E-state index contributed by atoms with van der Waals surface area (Å²) >= 11 is 4.32. The van der Waals surface area contributed by atoms with Crippen molar-refractivity contribution in [3.05, 3.63) is 36.2 Å². The van der Waals surface area contributed by atoms with Crippen LogP contribution in [-0.2, 0) is 0 Å². The van der Waals surface area contributed by atoms with Crippen LogP contribution in [0.4, 0.5) is 0 Å². The number of nitrogens with zero attached hydrogens (tertiary/aromatic N) is 2. The number of hydrogen-bond donors (Lipinski definition) is 1. The fourth-order valence-corrected chi connectivity index (χ4v) is 1.78. The number of fused-ring (bicyclic) bond motifs is 1. The smallest absolute Gasteiger partial charge is 0.137 e. The van der Waals surface area contributed by atoms with Gasteiger partial charge in [-0.25, -0.2) is 0 Å². The Morgan fingerprint density at radius 3 is 3.00 bits per heavy atom. The normalized spacial score (nSPS) is 27.5. The highest BCUT2D eigenvalue weighted by molar-refractivity contribution is 7.77. The van der Waals surface area contributed by atoms with Crippen molar-refractivity contribution in [3.63, 3.8) is 0 Å². The van der Waals surface area contributed by atoms with Gasteiger partial charge in [0.25, 0.3) is 0 Å². The topological polar surface area (TPSA) is 6.48 Å². The van der Waals surface area contributed by atoms with E-state index in [0.717, 1.165) is 0 Å². The lowest BCUT2D eigenvalue weighted by Gasteiger charge is -2.31. The molecule has 0 N–H and O–H groups in total. The van der Waals surface area contributed by atoms with Crippen molar-refractivity contribution < 1.29 is 0 Å². The molecule has 0 aromatic rings. The highest BCUT2D eigenvalue weighted by Crippen LogP contribution is 2.26. The summed E-state index contributed by atoms with van der Waals surface area (Å²) in [4.78, 5) is 2.13. The maximum Gasteiger partial charge on any atom is 0.137 e. The van der Waals surface area contributed by atoms with Gasteiger partial charge in [0, 0.05) is 19.4 Å². The average Bonchev–Trinajstić information content (AvgIpc) is 2.34. The molecule has 1 atom stereocenters. The number of thiol groups is 1. The summed E-state index contributed by atoms with van der Waals surface area (Å²) < 4.78 is 1.90. The Morgan fingerprint density at radius 1 is 1.45 bits per heavy atom. The minimum absolute atomic E-state index is 0.295. The summed E-state index contributed by atoms with van der Waals surface area (Å²) in [6, 6.07) is 0. The van der Waals surface area contributed by atoms with Crippen LogP contribution in [0.25, 0.3) is 0 Å². The van der Waals surface area contributed by atoms with Crippen molar-refractivity contribution in [1.82, 2.24) is 9.21 Å². The van der Waals surface area contributed by atoms with Gasteiger partial charge in [-0.3, -0.25) is 4.31 Å². The van der Waals surface area contributed by atoms with E-state index in [1.165, 1.54) is 5.57 Å². The average molecular weight is 166 g/mol. The molecule has 0 amide bonds. The van der Waals surface area contributed by atoms with Gasteiger partial charge in [0.1, 0.15) is 6.17 Å². The fraction of sp³-hybridized carbons (Fsp3) is 0.250. The lowest BCUT2D eigenvalue weighted by Crippen LogP contribution is -2.35. The molecular formula is C8H10N2S. The molecule has 0 saturated carbocycles. The van der Waals surface area contributed by atoms with Gasteiger partial charge in [-0.05, 0) is 17.7 Å². The van der Waals surface area contributed by atoms with E-state index in [4.69, 9.17) is 0 Å². The summed E-state index contributed by atoms with van der Waals surface area (Å²) in [7, 11) is 2.05. The molecule has 58 valence electrons. The number of hydrogen-bond acceptors (Lipinski definition) is 3. The monoisotopic (exact) mass is 166 g/mol. The zero-order chi connectivity index (χ0) is 7.84. The molecule has 2 aliphatic rings. The molecule has 11 heavy (non-hydrogen) atoms. The van der Waals surface area contributed by atoms with E-state index in [0.29, 0.717) is 6.17 Å². The Kier molecular flexibility index (Phi) is 1.46. The quantitative estimate of drug-likeness (QED) is 0.543. The zero-order valence-corrected chi connectivity index (χ0v) is 7.20. The van der Waals surface area contributed by atoms with Gasteiger partial charge in [-0.15, -0.1) is 0 Å². The summed E-state index contributed by atoms with van der Waals surface area (Å²) in [5, 5.41) is 0. The molecule has 3 heteroatoms. The molecule has 0 aromatic heterocycles. The summed E-state index contributed by atoms with van der Waals surface area (Å²) in [6.45, 7) is 0. The molecule has 0 spiro atoms. The largest absolute Gasteiger partial charge is 0.356 e. The third-order valence-electron chi connectivity index (χ3n) is 1.96. The molecule has 0 saturated heterocycles. The van der Waals surface area contributed by atoms with Crippen molar-refractivity contribution in [2.75, 3.05) is 7.05 Å². The highest BCUT2D eigenvalue weighted by Gasteiger charge is 2.25. The lowest BCUT2D eigenvalue weighted by atomic mass is 10.2. The summed E-state index contributed by atoms with van der Waals surface area (Å²) in [6.07, 6.45) is 10.5. The van der Waals surface area contributed by atoms with E-state index in [1.807, 2.05) is 23.6 Å². The molecule has 0 aromatic carbocycles. The maximum atomic E-state index is 4.32. The number of allylic oxidation sites excluding steroid dienone is 2. The first-order chi connectivity index (χ1) is 5.29. The summed E-state index contributed by atoms with van der Waals surface area (Å²) in [5.74, 6) is 0. The predicted octanol–water partition coefficient (Wildman–Crippen LogP) is 1.37. The van der Waals surface area contributed by atoms with Crippen LogP contribution in [0.5, 0.6) is 0 Å². The van der Waals surface area contributed by atoms with E-state index in [1.54, 1.807) is 0 Å². The second-order valence-corrected chi connectivity index (χ2v) is 3.20. The van der Waals surface area contributed by atoms with Crippen LogP contribution in [0.1, 0.15) is 0 Å². The predicted molar refractivity (Wildman–Crippen MR) is 48.7 cm³/mol. The van der Waals surface area contributed by atoms with Crippen molar-refractivity contribution in [1.29, 1.82) is 0 Å². The SMILES string of the molecule is CN1C=CC2=CC=CN(S)C21. The minimum Gasteiger partial charge on any atom is -0.356 e. The van der Waals surface area contributed by atoms with E-state index >= 15 is 0 Å². The van der Waals surface area contributed by atoms with Crippen LogP contribution in [0.3, 0.4) is 0 Å². The minimum atomic E-state index is 0.295. The Bertz CT molecular complexity index is 255.